The predicted octanol–water partition coefficient (Wildman–Crippen LogP) is 3.43. The second-order valence-corrected chi connectivity index (χ2v) is 8.95. The molecule has 1 aliphatic carbocycles. The van der Waals surface area contributed by atoms with E-state index in [2.05, 4.69) is 47.9 Å². The van der Waals surface area contributed by atoms with Crippen LogP contribution in [0.1, 0.15) is 37.8 Å². The molecule has 0 spiro atoms. The minimum absolute atomic E-state index is 0.506. The highest BCUT2D eigenvalue weighted by Crippen LogP contribution is 2.53. The number of rotatable bonds is 5. The summed E-state index contributed by atoms with van der Waals surface area (Å²) in [6, 6.07) is 8.98. The minimum Gasteiger partial charge on any atom is -0.379 e. The van der Waals surface area contributed by atoms with Crippen molar-refractivity contribution >= 4 is 0 Å². The van der Waals surface area contributed by atoms with Gasteiger partial charge in [-0.1, -0.05) is 38.1 Å². The lowest BCUT2D eigenvalue weighted by Crippen LogP contribution is -2.52. The Morgan fingerprint density at radius 1 is 1.00 bits per heavy atom. The van der Waals surface area contributed by atoms with Gasteiger partial charge in [0, 0.05) is 32.7 Å². The monoisotopic (exact) mass is 342 g/mol. The first-order valence-corrected chi connectivity index (χ1v) is 10.2. The quantitative estimate of drug-likeness (QED) is 0.815. The lowest BCUT2D eigenvalue weighted by molar-refractivity contribution is -0.0631. The summed E-state index contributed by atoms with van der Waals surface area (Å²) in [5.41, 5.74) is 3.62. The molecule has 3 aliphatic rings. The smallest absolute Gasteiger partial charge is 0.0594 e. The van der Waals surface area contributed by atoms with Crippen molar-refractivity contribution in [1.82, 2.24) is 9.80 Å². The van der Waals surface area contributed by atoms with Crippen LogP contribution in [0.15, 0.2) is 24.3 Å². The molecule has 25 heavy (non-hydrogen) atoms. The minimum atomic E-state index is 0.506. The van der Waals surface area contributed by atoms with Crippen LogP contribution in [0.2, 0.25) is 0 Å². The number of hydrogen-bond donors (Lipinski definition) is 0. The zero-order valence-corrected chi connectivity index (χ0v) is 16.0. The van der Waals surface area contributed by atoms with E-state index < -0.39 is 0 Å². The van der Waals surface area contributed by atoms with Crippen LogP contribution in [0.25, 0.3) is 0 Å². The number of ether oxygens (including phenoxy) is 1. The third-order valence-electron chi connectivity index (χ3n) is 7.26. The first-order chi connectivity index (χ1) is 12.1. The van der Waals surface area contributed by atoms with Crippen molar-refractivity contribution in [3.63, 3.8) is 0 Å². The number of fused-ring (bicyclic) bond motifs is 1. The van der Waals surface area contributed by atoms with Crippen LogP contribution in [0.3, 0.4) is 0 Å². The Balaban J connectivity index is 1.24. The fourth-order valence-corrected chi connectivity index (χ4v) is 5.10. The molecule has 0 amide bonds. The van der Waals surface area contributed by atoms with Crippen molar-refractivity contribution in [3.8, 4) is 0 Å². The number of morpholine rings is 1. The van der Waals surface area contributed by atoms with E-state index in [1.807, 2.05) is 0 Å². The first kappa shape index (κ1) is 17.5. The molecule has 1 aromatic rings. The second-order valence-electron chi connectivity index (χ2n) is 8.95. The lowest BCUT2D eigenvalue weighted by atomic mass is 9.53. The highest BCUT2D eigenvalue weighted by atomic mass is 16.5. The van der Waals surface area contributed by atoms with E-state index in [4.69, 9.17) is 4.74 Å². The maximum absolute atomic E-state index is 5.49. The Morgan fingerprint density at radius 3 is 2.52 bits per heavy atom. The van der Waals surface area contributed by atoms with Crippen LogP contribution in [-0.2, 0) is 17.7 Å². The largest absolute Gasteiger partial charge is 0.379 e. The Kier molecular flexibility index (Phi) is 5.17. The van der Waals surface area contributed by atoms with Crippen LogP contribution < -0.4 is 0 Å². The molecule has 0 N–H and O–H groups in total. The molecule has 2 atom stereocenters. The fraction of sp³-hybridized carbons (Fsp3) is 0.727. The van der Waals surface area contributed by atoms with Gasteiger partial charge in [0.05, 0.1) is 13.2 Å². The van der Waals surface area contributed by atoms with Crippen LogP contribution in [0.4, 0.5) is 0 Å². The van der Waals surface area contributed by atoms with Gasteiger partial charge in [0.1, 0.15) is 0 Å². The summed E-state index contributed by atoms with van der Waals surface area (Å²) in [5, 5.41) is 0. The van der Waals surface area contributed by atoms with E-state index in [-0.39, 0.29) is 0 Å². The summed E-state index contributed by atoms with van der Waals surface area (Å²) in [6.07, 6.45) is 4.02. The highest BCUT2D eigenvalue weighted by Gasteiger charge is 2.47. The summed E-state index contributed by atoms with van der Waals surface area (Å²) < 4.78 is 5.49. The van der Waals surface area contributed by atoms with E-state index in [0.29, 0.717) is 5.41 Å². The molecule has 0 radical (unpaired) electrons. The molecular weight excluding hydrogens is 308 g/mol. The van der Waals surface area contributed by atoms with Crippen molar-refractivity contribution in [1.29, 1.82) is 0 Å². The van der Waals surface area contributed by atoms with Gasteiger partial charge in [-0.2, -0.15) is 0 Å². The van der Waals surface area contributed by atoms with Gasteiger partial charge in [-0.3, -0.25) is 9.80 Å². The van der Waals surface area contributed by atoms with Crippen molar-refractivity contribution < 1.29 is 4.74 Å². The Labute approximate surface area is 153 Å². The number of hydrogen-bond acceptors (Lipinski definition) is 3. The fourth-order valence-electron chi connectivity index (χ4n) is 5.10. The summed E-state index contributed by atoms with van der Waals surface area (Å²) in [7, 11) is 0. The van der Waals surface area contributed by atoms with Gasteiger partial charge in [0.2, 0.25) is 0 Å². The zero-order valence-electron chi connectivity index (χ0n) is 16.0. The maximum atomic E-state index is 5.49. The second kappa shape index (κ2) is 7.38. The molecule has 1 saturated heterocycles. The third-order valence-corrected chi connectivity index (χ3v) is 7.26. The van der Waals surface area contributed by atoms with Crippen LogP contribution in [0, 0.1) is 17.3 Å². The molecule has 2 aliphatic heterocycles. The molecule has 0 bridgehead atoms. The zero-order chi connectivity index (χ0) is 17.3. The summed E-state index contributed by atoms with van der Waals surface area (Å²) in [6.45, 7) is 14.1. The molecule has 3 heteroatoms. The summed E-state index contributed by atoms with van der Waals surface area (Å²) in [5.74, 6) is 1.77. The van der Waals surface area contributed by atoms with Crippen molar-refractivity contribution in [2.75, 3.05) is 45.9 Å². The van der Waals surface area contributed by atoms with Crippen molar-refractivity contribution in [2.24, 2.45) is 17.3 Å². The Hall–Kier alpha value is -0.900. The molecule has 1 saturated carbocycles. The molecule has 1 aromatic carbocycles. The van der Waals surface area contributed by atoms with E-state index in [9.17, 15) is 0 Å². The molecule has 3 nitrogen and oxygen atoms in total. The molecule has 0 aromatic heterocycles. The Bertz CT molecular complexity index is 579. The van der Waals surface area contributed by atoms with Gasteiger partial charge < -0.3 is 4.74 Å². The molecule has 2 fully saturated rings. The standard InChI is InChI=1S/C22H34N2O/c1-22(2)20(15-21(22)17-24-11-13-25-14-12-24)8-10-23-9-7-18-5-3-4-6-19(18)16-23/h3-6,20-21H,7-17H2,1-2H3/t20-,21-/m0/s1. The van der Waals surface area contributed by atoms with E-state index in [1.54, 1.807) is 11.1 Å². The molecule has 4 rings (SSSR count). The molecule has 0 unspecified atom stereocenters. The lowest BCUT2D eigenvalue weighted by Gasteiger charge is -2.54. The first-order valence-electron chi connectivity index (χ1n) is 10.2. The van der Waals surface area contributed by atoms with E-state index in [1.165, 1.54) is 38.9 Å². The SMILES string of the molecule is CC1(C)[C@@H](CCN2CCc3ccccc3C2)C[C@H]1CN1CCOCC1. The topological polar surface area (TPSA) is 15.7 Å². The van der Waals surface area contributed by atoms with Crippen molar-refractivity contribution in [2.45, 2.75) is 39.7 Å². The van der Waals surface area contributed by atoms with Gasteiger partial charge >= 0.3 is 0 Å². The van der Waals surface area contributed by atoms with Gasteiger partial charge in [-0.15, -0.1) is 0 Å². The summed E-state index contributed by atoms with van der Waals surface area (Å²) in [4.78, 5) is 5.29. The molecule has 138 valence electrons. The Morgan fingerprint density at radius 2 is 1.76 bits per heavy atom. The average Bonchev–Trinajstić information content (AvgIpc) is 2.64. The number of benzene rings is 1. The van der Waals surface area contributed by atoms with Gasteiger partial charge in [-0.05, 0) is 54.2 Å². The van der Waals surface area contributed by atoms with Crippen molar-refractivity contribution in [3.05, 3.63) is 35.4 Å². The van der Waals surface area contributed by atoms with Crippen LogP contribution >= 0.6 is 0 Å². The van der Waals surface area contributed by atoms with Gasteiger partial charge in [-0.25, -0.2) is 0 Å². The maximum Gasteiger partial charge on any atom is 0.0594 e. The number of nitrogens with zero attached hydrogens (tertiary/aromatic N) is 2. The third kappa shape index (κ3) is 3.79. The normalized spacial score (nSPS) is 29.8. The van der Waals surface area contributed by atoms with E-state index in [0.717, 1.165) is 44.7 Å². The average molecular weight is 343 g/mol. The predicted molar refractivity (Wildman–Crippen MR) is 103 cm³/mol. The molecule has 2 heterocycles. The van der Waals surface area contributed by atoms with E-state index >= 15 is 0 Å². The summed E-state index contributed by atoms with van der Waals surface area (Å²) >= 11 is 0. The van der Waals surface area contributed by atoms with Crippen LogP contribution in [-0.4, -0.2) is 55.7 Å². The van der Waals surface area contributed by atoms with Crippen LogP contribution in [0.5, 0.6) is 0 Å². The van der Waals surface area contributed by atoms with Gasteiger partial charge in [0.15, 0.2) is 0 Å². The van der Waals surface area contributed by atoms with Gasteiger partial charge in [0.25, 0.3) is 0 Å². The highest BCUT2D eigenvalue weighted by molar-refractivity contribution is 5.29. The molecular formula is C22H34N2O.